The predicted molar refractivity (Wildman–Crippen MR) is 99.5 cm³/mol. The van der Waals surface area contributed by atoms with E-state index in [0.29, 0.717) is 42.6 Å². The van der Waals surface area contributed by atoms with Crippen molar-refractivity contribution in [3.63, 3.8) is 0 Å². The van der Waals surface area contributed by atoms with Gasteiger partial charge < -0.3 is 24.8 Å². The van der Waals surface area contributed by atoms with Crippen molar-refractivity contribution in [1.82, 2.24) is 0 Å². The molecule has 2 aromatic rings. The maximum Gasteiger partial charge on any atom is 0.337 e. The summed E-state index contributed by atoms with van der Waals surface area (Å²) in [6.07, 6.45) is -0.103. The lowest BCUT2D eigenvalue weighted by Crippen LogP contribution is -2.38. The predicted octanol–water partition coefficient (Wildman–Crippen LogP) is 2.55. The maximum absolute atomic E-state index is 12.1. The van der Waals surface area contributed by atoms with Crippen molar-refractivity contribution in [1.29, 1.82) is 0 Å². The van der Waals surface area contributed by atoms with Crippen molar-refractivity contribution < 1.29 is 24.2 Å². The quantitative estimate of drug-likeness (QED) is 0.806. The number of benzene rings is 1. The summed E-state index contributed by atoms with van der Waals surface area (Å²) in [5.41, 5.74) is 1.12. The molecule has 1 aliphatic rings. The van der Waals surface area contributed by atoms with Gasteiger partial charge in [0.15, 0.2) is 0 Å². The molecular weight excluding hydrogens is 356 g/mol. The van der Waals surface area contributed by atoms with E-state index >= 15 is 0 Å². The minimum atomic E-state index is -1.06. The second kappa shape index (κ2) is 8.31. The third-order valence-corrected chi connectivity index (χ3v) is 4.87. The van der Waals surface area contributed by atoms with Gasteiger partial charge in [-0.1, -0.05) is 6.07 Å². The second-order valence-corrected chi connectivity index (χ2v) is 6.86. The summed E-state index contributed by atoms with van der Waals surface area (Å²) in [6, 6.07) is 8.36. The number of hydrogen-bond donors (Lipinski definition) is 2. The normalized spacial score (nSPS) is 16.9. The van der Waals surface area contributed by atoms with Crippen LogP contribution in [0.5, 0.6) is 0 Å². The van der Waals surface area contributed by atoms with Gasteiger partial charge in [-0.05, 0) is 29.6 Å². The zero-order chi connectivity index (χ0) is 18.5. The maximum atomic E-state index is 12.1. The van der Waals surface area contributed by atoms with E-state index in [0.717, 1.165) is 0 Å². The smallest absolute Gasteiger partial charge is 0.337 e. The lowest BCUT2D eigenvalue weighted by molar-refractivity contribution is -0.0837. The Bertz CT molecular complexity index is 772. The Morgan fingerprint density at radius 3 is 2.85 bits per heavy atom. The van der Waals surface area contributed by atoms with Crippen LogP contribution in [0.2, 0.25) is 0 Å². The minimum Gasteiger partial charge on any atom is -0.478 e. The van der Waals surface area contributed by atoms with Gasteiger partial charge in [0.2, 0.25) is 0 Å². The molecule has 7 nitrogen and oxygen atoms in total. The Labute approximate surface area is 155 Å². The third-order valence-electron chi connectivity index (χ3n) is 4.00. The number of carbonyl (C=O) groups is 2. The van der Waals surface area contributed by atoms with E-state index in [1.807, 2.05) is 17.3 Å². The molecule has 1 saturated heterocycles. The van der Waals surface area contributed by atoms with Crippen molar-refractivity contribution in [2.45, 2.75) is 6.10 Å². The van der Waals surface area contributed by atoms with Crippen LogP contribution in [-0.2, 0) is 9.47 Å². The number of carboxylic acids is 1. The van der Waals surface area contributed by atoms with Gasteiger partial charge in [-0.3, -0.25) is 4.79 Å². The number of nitrogens with one attached hydrogen (secondary N) is 1. The highest BCUT2D eigenvalue weighted by Gasteiger charge is 2.20. The summed E-state index contributed by atoms with van der Waals surface area (Å²) in [4.78, 5) is 26.2. The molecule has 26 heavy (non-hydrogen) atoms. The molecule has 1 amide bonds. The monoisotopic (exact) mass is 376 g/mol. The van der Waals surface area contributed by atoms with E-state index in [2.05, 4.69) is 5.32 Å². The SMILES string of the molecule is CN(CC1COCCO1)c1ccc(NC(=O)c2cccs2)cc1C(=O)O. The van der Waals surface area contributed by atoms with E-state index in [9.17, 15) is 14.7 Å². The highest BCUT2D eigenvalue weighted by Crippen LogP contribution is 2.25. The number of thiophene rings is 1. The van der Waals surface area contributed by atoms with Crippen LogP contribution in [0.1, 0.15) is 20.0 Å². The van der Waals surface area contributed by atoms with Crippen molar-refractivity contribution in [3.8, 4) is 0 Å². The molecule has 0 radical (unpaired) electrons. The number of hydrogen-bond acceptors (Lipinski definition) is 6. The van der Waals surface area contributed by atoms with Crippen LogP contribution in [0, 0.1) is 0 Å². The van der Waals surface area contributed by atoms with Gasteiger partial charge in [0.05, 0.1) is 42.1 Å². The Balaban J connectivity index is 1.75. The number of anilines is 2. The molecule has 3 rings (SSSR count). The first-order valence-corrected chi connectivity index (χ1v) is 9.05. The lowest BCUT2D eigenvalue weighted by Gasteiger charge is -2.29. The van der Waals surface area contributed by atoms with Gasteiger partial charge in [-0.15, -0.1) is 11.3 Å². The van der Waals surface area contributed by atoms with Crippen LogP contribution >= 0.6 is 11.3 Å². The van der Waals surface area contributed by atoms with E-state index in [1.54, 1.807) is 24.3 Å². The number of ether oxygens (including phenoxy) is 2. The molecule has 1 unspecified atom stereocenters. The molecule has 1 fully saturated rings. The molecule has 1 atom stereocenters. The van der Waals surface area contributed by atoms with Gasteiger partial charge in [-0.25, -0.2) is 4.79 Å². The topological polar surface area (TPSA) is 88.1 Å². The van der Waals surface area contributed by atoms with Gasteiger partial charge in [-0.2, -0.15) is 0 Å². The number of amides is 1. The first-order valence-electron chi connectivity index (χ1n) is 8.17. The summed E-state index contributed by atoms with van der Waals surface area (Å²) < 4.78 is 11.0. The van der Waals surface area contributed by atoms with Crippen LogP contribution in [0.3, 0.4) is 0 Å². The van der Waals surface area contributed by atoms with Crippen molar-refractivity contribution in [2.75, 3.05) is 43.6 Å². The van der Waals surface area contributed by atoms with Gasteiger partial charge in [0.1, 0.15) is 0 Å². The summed E-state index contributed by atoms with van der Waals surface area (Å²) in [6.45, 7) is 2.13. The first-order chi connectivity index (χ1) is 12.5. The van der Waals surface area contributed by atoms with Crippen molar-refractivity contribution in [3.05, 3.63) is 46.2 Å². The number of aromatic carboxylic acids is 1. The largest absolute Gasteiger partial charge is 0.478 e. The highest BCUT2D eigenvalue weighted by molar-refractivity contribution is 7.12. The molecule has 1 aromatic heterocycles. The van der Waals surface area contributed by atoms with Gasteiger partial charge in [0, 0.05) is 19.3 Å². The summed E-state index contributed by atoms with van der Waals surface area (Å²) in [5.74, 6) is -1.31. The second-order valence-electron chi connectivity index (χ2n) is 5.92. The van der Waals surface area contributed by atoms with E-state index in [1.165, 1.54) is 17.4 Å². The third kappa shape index (κ3) is 4.40. The van der Waals surface area contributed by atoms with Crippen LogP contribution < -0.4 is 10.2 Å². The number of likely N-dealkylation sites (N-methyl/N-ethyl adjacent to an activating group) is 1. The average molecular weight is 376 g/mol. The molecule has 2 heterocycles. The molecule has 2 N–H and O–H groups in total. The fraction of sp³-hybridized carbons (Fsp3) is 0.333. The number of carbonyl (C=O) groups excluding carboxylic acids is 1. The lowest BCUT2D eigenvalue weighted by atomic mass is 10.1. The molecule has 0 saturated carbocycles. The Morgan fingerprint density at radius 2 is 2.19 bits per heavy atom. The highest BCUT2D eigenvalue weighted by atomic mass is 32.1. The van der Waals surface area contributed by atoms with E-state index in [-0.39, 0.29) is 17.6 Å². The molecule has 138 valence electrons. The zero-order valence-corrected chi connectivity index (χ0v) is 15.1. The Hall–Kier alpha value is -2.42. The zero-order valence-electron chi connectivity index (χ0n) is 14.3. The van der Waals surface area contributed by atoms with Crippen LogP contribution in [-0.4, -0.2) is 56.5 Å². The first kappa shape index (κ1) is 18.4. The molecule has 1 aliphatic heterocycles. The van der Waals surface area contributed by atoms with Crippen molar-refractivity contribution >= 4 is 34.6 Å². The summed E-state index contributed by atoms with van der Waals surface area (Å²) >= 11 is 1.33. The molecule has 0 spiro atoms. The minimum absolute atomic E-state index is 0.103. The average Bonchev–Trinajstić information content (AvgIpc) is 3.17. The fourth-order valence-electron chi connectivity index (χ4n) is 2.76. The number of rotatable bonds is 6. The van der Waals surface area contributed by atoms with Gasteiger partial charge in [0.25, 0.3) is 5.91 Å². The number of nitrogens with zero attached hydrogens (tertiary/aromatic N) is 1. The van der Waals surface area contributed by atoms with Crippen molar-refractivity contribution in [2.24, 2.45) is 0 Å². The number of carboxylic acid groups (broad SMARTS) is 1. The summed E-state index contributed by atoms with van der Waals surface area (Å²) in [7, 11) is 1.81. The Morgan fingerprint density at radius 1 is 1.35 bits per heavy atom. The molecule has 0 aliphatic carbocycles. The molecule has 0 bridgehead atoms. The molecule has 1 aromatic carbocycles. The van der Waals surface area contributed by atoms with Gasteiger partial charge >= 0.3 is 5.97 Å². The van der Waals surface area contributed by atoms with Crippen LogP contribution in [0.15, 0.2) is 35.7 Å². The van der Waals surface area contributed by atoms with E-state index in [4.69, 9.17) is 9.47 Å². The van der Waals surface area contributed by atoms with E-state index < -0.39 is 5.97 Å². The fourth-order valence-corrected chi connectivity index (χ4v) is 3.38. The molecular formula is C18H20N2O5S. The molecule has 8 heteroatoms. The summed E-state index contributed by atoms with van der Waals surface area (Å²) in [5, 5.41) is 14.1. The van der Waals surface area contributed by atoms with Crippen LogP contribution in [0.25, 0.3) is 0 Å². The van der Waals surface area contributed by atoms with Crippen LogP contribution in [0.4, 0.5) is 11.4 Å². The standard InChI is InChI=1S/C18H20N2O5S/c1-20(10-13-11-24-6-7-25-13)15-5-4-12(9-14(15)18(22)23)19-17(21)16-3-2-8-26-16/h2-5,8-9,13H,6-7,10-11H2,1H3,(H,19,21)(H,22,23). The Kier molecular flexibility index (Phi) is 5.87.